The Bertz CT molecular complexity index is 522. The van der Waals surface area contributed by atoms with Gasteiger partial charge in [-0.05, 0) is 66.8 Å². The van der Waals surface area contributed by atoms with Crippen molar-refractivity contribution in [3.8, 4) is 0 Å². The third kappa shape index (κ3) is 1.74. The third-order valence-electron chi connectivity index (χ3n) is 7.96. The van der Waals surface area contributed by atoms with E-state index in [4.69, 9.17) is 0 Å². The van der Waals surface area contributed by atoms with Crippen LogP contribution in [0, 0.1) is 34.5 Å². The molecule has 0 bridgehead atoms. The first-order chi connectivity index (χ1) is 10.1. The predicted molar refractivity (Wildman–Crippen MR) is 89.9 cm³/mol. The minimum atomic E-state index is 0.323. The van der Waals surface area contributed by atoms with Crippen molar-refractivity contribution in [1.29, 1.82) is 0 Å². The third-order valence-corrected chi connectivity index (χ3v) is 7.96. The van der Waals surface area contributed by atoms with E-state index >= 15 is 0 Å². The lowest BCUT2D eigenvalue weighted by Gasteiger charge is -2.56. The fourth-order valence-corrected chi connectivity index (χ4v) is 6.72. The fraction of sp³-hybridized carbons (Fsp3) is 0.714. The normalized spacial score (nSPS) is 51.1. The highest BCUT2D eigenvalue weighted by Gasteiger charge is 2.56. The van der Waals surface area contributed by atoms with Crippen LogP contribution in [-0.4, -0.2) is 0 Å². The van der Waals surface area contributed by atoms with Gasteiger partial charge in [-0.25, -0.2) is 0 Å². The van der Waals surface area contributed by atoms with Gasteiger partial charge in [-0.2, -0.15) is 0 Å². The second kappa shape index (κ2) is 4.61. The molecule has 2 saturated carbocycles. The van der Waals surface area contributed by atoms with E-state index in [1.54, 1.807) is 5.57 Å². The molecule has 0 heterocycles. The lowest BCUT2D eigenvalue weighted by atomic mass is 9.49. The molecule has 0 aromatic carbocycles. The van der Waals surface area contributed by atoms with Crippen molar-refractivity contribution in [3.63, 3.8) is 0 Å². The Morgan fingerprint density at radius 2 is 1.95 bits per heavy atom. The molecule has 0 aromatic rings. The summed E-state index contributed by atoms with van der Waals surface area (Å²) in [6, 6.07) is 0. The zero-order valence-electron chi connectivity index (χ0n) is 13.9. The highest BCUT2D eigenvalue weighted by atomic mass is 14.6. The van der Waals surface area contributed by atoms with Gasteiger partial charge in [0.1, 0.15) is 0 Å². The number of rotatable bonds is 1. The molecule has 0 nitrogen and oxygen atoms in total. The number of hydrogen-bond donors (Lipinski definition) is 0. The summed E-state index contributed by atoms with van der Waals surface area (Å²) >= 11 is 0. The molecule has 0 heteroatoms. The molecule has 0 amide bonds. The summed E-state index contributed by atoms with van der Waals surface area (Å²) < 4.78 is 0. The monoisotopic (exact) mass is 282 g/mol. The molecule has 4 aliphatic rings. The van der Waals surface area contributed by atoms with Gasteiger partial charge < -0.3 is 0 Å². The van der Waals surface area contributed by atoms with Crippen LogP contribution in [0.2, 0.25) is 0 Å². The van der Waals surface area contributed by atoms with E-state index in [0.717, 1.165) is 23.7 Å². The maximum atomic E-state index is 2.63. The smallest absolute Gasteiger partial charge is 0.0135 e. The Morgan fingerprint density at radius 3 is 2.76 bits per heavy atom. The van der Waals surface area contributed by atoms with E-state index in [-0.39, 0.29) is 0 Å². The maximum absolute atomic E-state index is 2.63. The highest BCUT2D eigenvalue weighted by Crippen LogP contribution is 2.65. The van der Waals surface area contributed by atoms with E-state index in [9.17, 15) is 0 Å². The second-order valence-electron chi connectivity index (χ2n) is 8.50. The molecular weight excluding hydrogens is 252 g/mol. The van der Waals surface area contributed by atoms with Crippen molar-refractivity contribution in [2.75, 3.05) is 0 Å². The van der Waals surface area contributed by atoms with Crippen molar-refractivity contribution >= 4 is 0 Å². The van der Waals surface area contributed by atoms with E-state index < -0.39 is 0 Å². The lowest BCUT2D eigenvalue weighted by molar-refractivity contribution is -0.0209. The van der Waals surface area contributed by atoms with Gasteiger partial charge in [-0.15, -0.1) is 0 Å². The molecule has 0 aliphatic heterocycles. The van der Waals surface area contributed by atoms with E-state index in [1.165, 1.54) is 38.5 Å². The molecule has 4 rings (SSSR count). The zero-order chi connectivity index (χ0) is 14.7. The van der Waals surface area contributed by atoms with Crippen LogP contribution in [-0.2, 0) is 0 Å². The summed E-state index contributed by atoms with van der Waals surface area (Å²) in [6.45, 7) is 7.55. The first kappa shape index (κ1) is 13.9. The van der Waals surface area contributed by atoms with Gasteiger partial charge in [0.2, 0.25) is 0 Å². The molecule has 0 unspecified atom stereocenters. The van der Waals surface area contributed by atoms with Crippen molar-refractivity contribution < 1.29 is 0 Å². The van der Waals surface area contributed by atoms with Crippen molar-refractivity contribution in [2.45, 2.75) is 59.3 Å². The Morgan fingerprint density at radius 1 is 1.10 bits per heavy atom. The van der Waals surface area contributed by atoms with Crippen LogP contribution < -0.4 is 0 Å². The van der Waals surface area contributed by atoms with Crippen molar-refractivity contribution in [1.82, 2.24) is 0 Å². The number of fused-ring (bicyclic) bond motifs is 5. The van der Waals surface area contributed by atoms with Crippen molar-refractivity contribution in [2.24, 2.45) is 34.5 Å². The van der Waals surface area contributed by atoms with Gasteiger partial charge in [-0.3, -0.25) is 0 Å². The lowest BCUT2D eigenvalue weighted by Crippen LogP contribution is -2.48. The molecule has 2 fully saturated rings. The van der Waals surface area contributed by atoms with Gasteiger partial charge in [0.25, 0.3) is 0 Å². The Labute approximate surface area is 130 Å². The molecule has 0 aromatic heterocycles. The van der Waals surface area contributed by atoms with E-state index in [1.807, 2.05) is 0 Å². The maximum Gasteiger partial charge on any atom is 0.0135 e. The molecule has 0 radical (unpaired) electrons. The summed E-state index contributed by atoms with van der Waals surface area (Å²) in [5.74, 6) is 3.79. The largest absolute Gasteiger partial charge is 0.0801 e. The molecule has 0 saturated heterocycles. The van der Waals surface area contributed by atoms with Crippen LogP contribution in [0.4, 0.5) is 0 Å². The quantitative estimate of drug-likeness (QED) is 0.560. The second-order valence-corrected chi connectivity index (χ2v) is 8.50. The average molecular weight is 282 g/mol. The zero-order valence-corrected chi connectivity index (χ0v) is 13.9. The summed E-state index contributed by atoms with van der Waals surface area (Å²) in [5.41, 5.74) is 2.56. The van der Waals surface area contributed by atoms with Gasteiger partial charge in [-0.1, -0.05) is 57.6 Å². The molecule has 6 atom stereocenters. The van der Waals surface area contributed by atoms with Crippen LogP contribution in [0.3, 0.4) is 0 Å². The average Bonchev–Trinajstić information content (AvgIpc) is 2.83. The predicted octanol–water partition coefficient (Wildman–Crippen LogP) is 5.92. The molecule has 114 valence electrons. The first-order valence-electron chi connectivity index (χ1n) is 9.16. The number of hydrogen-bond acceptors (Lipinski definition) is 0. The molecule has 4 aliphatic carbocycles. The molecule has 0 N–H and O–H groups in total. The van der Waals surface area contributed by atoms with Crippen LogP contribution in [0.1, 0.15) is 59.3 Å². The number of allylic oxidation sites excluding steroid dienone is 6. The first-order valence-corrected chi connectivity index (χ1v) is 9.16. The summed E-state index contributed by atoms with van der Waals surface area (Å²) in [7, 11) is 0. The summed E-state index contributed by atoms with van der Waals surface area (Å²) in [5, 5.41) is 0. The van der Waals surface area contributed by atoms with Gasteiger partial charge in [0.05, 0.1) is 0 Å². The van der Waals surface area contributed by atoms with Crippen LogP contribution >= 0.6 is 0 Å². The minimum Gasteiger partial charge on any atom is -0.0801 e. The topological polar surface area (TPSA) is 0 Å². The Hall–Kier alpha value is -0.780. The van der Waals surface area contributed by atoms with E-state index in [0.29, 0.717) is 10.8 Å². The van der Waals surface area contributed by atoms with Gasteiger partial charge >= 0.3 is 0 Å². The summed E-state index contributed by atoms with van der Waals surface area (Å²) in [4.78, 5) is 0. The van der Waals surface area contributed by atoms with Crippen molar-refractivity contribution in [3.05, 3.63) is 36.0 Å². The molecular formula is C21H30. The standard InChI is InChI=1S/C21H30/c1-4-15-9-11-18-17-10-8-16-7-5-6-13-20(16,2)19(17)12-14-21(15,18)3/h5-8,13,15,17-19H,4,9-12,14H2,1-3H3/t15-,17-,18-,19-,20-,21+/m0/s1. The molecule has 0 spiro atoms. The van der Waals surface area contributed by atoms with Crippen LogP contribution in [0.5, 0.6) is 0 Å². The SMILES string of the molecule is CC[C@H]1CC[C@H]2[C@@H]3CC=C4C=CC=C[C@]4(C)[C@H]3CC[C@]12C. The molecule has 21 heavy (non-hydrogen) atoms. The van der Waals surface area contributed by atoms with Crippen LogP contribution in [0.25, 0.3) is 0 Å². The fourth-order valence-electron chi connectivity index (χ4n) is 6.72. The van der Waals surface area contributed by atoms with E-state index in [2.05, 4.69) is 51.2 Å². The summed E-state index contributed by atoms with van der Waals surface area (Å²) in [6.07, 6.45) is 20.6. The van der Waals surface area contributed by atoms with Gasteiger partial charge in [0, 0.05) is 5.41 Å². The minimum absolute atomic E-state index is 0.323. The van der Waals surface area contributed by atoms with Gasteiger partial charge in [0.15, 0.2) is 0 Å². The van der Waals surface area contributed by atoms with Crippen LogP contribution in [0.15, 0.2) is 36.0 Å². The highest BCUT2D eigenvalue weighted by molar-refractivity contribution is 5.41. The Balaban J connectivity index is 1.71. The Kier molecular flexibility index (Phi) is 3.04.